The number of rotatable bonds is 0. The molecule has 0 N–H and O–H groups in total. The summed E-state index contributed by atoms with van der Waals surface area (Å²) in [5, 5.41) is 1.82. The number of thiazole rings is 2. The van der Waals surface area contributed by atoms with E-state index >= 15 is 0 Å². The van der Waals surface area contributed by atoms with Gasteiger partial charge in [0.1, 0.15) is 0 Å². The molecule has 0 aromatic carbocycles. The van der Waals surface area contributed by atoms with E-state index < -0.39 is 0 Å². The third kappa shape index (κ3) is 9.22. The summed E-state index contributed by atoms with van der Waals surface area (Å²) in [6.45, 7) is 1.99. The summed E-state index contributed by atoms with van der Waals surface area (Å²) in [5.74, 6) is 0. The molecule has 2 nitrogen and oxygen atoms in total. The van der Waals surface area contributed by atoms with E-state index in [-0.39, 0.29) is 42.1 Å². The molecule has 0 fully saturated rings. The molecule has 0 radical (unpaired) electrons. The zero-order valence-corrected chi connectivity index (χ0v) is 17.6. The van der Waals surface area contributed by atoms with Crippen molar-refractivity contribution in [2.45, 2.75) is 6.92 Å². The quantitative estimate of drug-likeness (QED) is 0.330. The van der Waals surface area contributed by atoms with E-state index in [2.05, 4.69) is 40.8 Å². The summed E-state index contributed by atoms with van der Waals surface area (Å²) < 4.78 is 2.01. The number of hydrogen-bond acceptors (Lipinski definition) is 4. The Bertz CT molecular complexity index is 337. The SMILES string of the molecule is Cc1[c-]nc(P)s1.Pc1n[c-]cs1.[W].[W]. The number of nitrogens with zero attached hydrogens (tertiary/aromatic N) is 2. The van der Waals surface area contributed by atoms with Gasteiger partial charge in [0.2, 0.25) is 0 Å². The fraction of sp³-hybridized carbons (Fsp3) is 0.143. The van der Waals surface area contributed by atoms with Crippen molar-refractivity contribution in [3.8, 4) is 0 Å². The van der Waals surface area contributed by atoms with Crippen LogP contribution in [-0.4, -0.2) is 9.97 Å². The molecule has 0 saturated heterocycles. The maximum absolute atomic E-state index is 3.87. The summed E-state index contributed by atoms with van der Waals surface area (Å²) in [6, 6.07) is 0. The van der Waals surface area contributed by atoms with E-state index in [1.165, 1.54) is 0 Å². The summed E-state index contributed by atoms with van der Waals surface area (Å²) in [5.41, 5.74) is 0. The van der Waals surface area contributed by atoms with Crippen LogP contribution in [0.3, 0.4) is 0 Å². The Morgan fingerprint density at radius 1 is 1.20 bits per heavy atom. The fourth-order valence-corrected chi connectivity index (χ4v) is 2.24. The van der Waals surface area contributed by atoms with Crippen LogP contribution in [0.15, 0.2) is 5.38 Å². The van der Waals surface area contributed by atoms with Gasteiger partial charge in [0, 0.05) is 42.1 Å². The van der Waals surface area contributed by atoms with Gasteiger partial charge in [-0.3, -0.25) is 0 Å². The number of aromatic nitrogens is 2. The van der Waals surface area contributed by atoms with E-state index in [1.54, 1.807) is 22.7 Å². The van der Waals surface area contributed by atoms with Crippen LogP contribution in [0.4, 0.5) is 0 Å². The van der Waals surface area contributed by atoms with Crippen LogP contribution in [0, 0.1) is 19.3 Å². The molecule has 15 heavy (non-hydrogen) atoms. The minimum atomic E-state index is 0. The first-order valence-corrected chi connectivity index (χ1v) is 6.21. The maximum Gasteiger partial charge on any atom is 0 e. The summed E-state index contributed by atoms with van der Waals surface area (Å²) >= 11 is 3.21. The van der Waals surface area contributed by atoms with Crippen molar-refractivity contribution in [2.24, 2.45) is 0 Å². The third-order valence-electron chi connectivity index (χ3n) is 0.988. The van der Waals surface area contributed by atoms with E-state index in [0.29, 0.717) is 0 Å². The van der Waals surface area contributed by atoms with Gasteiger partial charge in [-0.1, -0.05) is 10.3 Å². The van der Waals surface area contributed by atoms with Gasteiger partial charge in [-0.25, -0.2) is 22.7 Å². The molecule has 0 spiro atoms. The molecule has 2 unspecified atom stereocenters. The average molecular weight is 614 g/mol. The number of aryl methyl sites for hydroxylation is 1. The monoisotopic (exact) mass is 614 g/mol. The molecule has 0 amide bonds. The van der Waals surface area contributed by atoms with Crippen LogP contribution in [-0.2, 0) is 42.1 Å². The average Bonchev–Trinajstić information content (AvgIpc) is 2.64. The molecule has 2 rings (SSSR count). The molecule has 0 bridgehead atoms. The minimum absolute atomic E-state index is 0. The zero-order valence-electron chi connectivity index (χ0n) is 7.76. The molecule has 0 saturated carbocycles. The second-order valence-corrected chi connectivity index (χ2v) is 6.09. The molecule has 82 valence electrons. The molecule has 8 heteroatoms. The molecule has 2 heterocycles. The van der Waals surface area contributed by atoms with Crippen LogP contribution in [0.2, 0.25) is 0 Å². The molecule has 2 atom stereocenters. The van der Waals surface area contributed by atoms with E-state index in [4.69, 9.17) is 0 Å². The molecular weight excluding hydrogens is 606 g/mol. The van der Waals surface area contributed by atoms with Gasteiger partial charge in [0.15, 0.2) is 0 Å². The van der Waals surface area contributed by atoms with Crippen molar-refractivity contribution >= 4 is 50.7 Å². The molecule has 0 aliphatic rings. The Morgan fingerprint density at radius 2 is 1.87 bits per heavy atom. The van der Waals surface area contributed by atoms with Crippen molar-refractivity contribution in [2.75, 3.05) is 0 Å². The van der Waals surface area contributed by atoms with E-state index in [1.807, 2.05) is 12.3 Å². The predicted molar refractivity (Wildman–Crippen MR) is 65.3 cm³/mol. The standard InChI is InChI=1S/C4H5NPS.C3H3NPS.2W/c1-3-2-5-4(6)7-3;5-3-4-1-2-6-3;;/h6H2,1H3;2H,5H2;;/q2*-1;;. The normalized spacial score (nSPS) is 7.93. The Labute approximate surface area is 131 Å². The second-order valence-electron chi connectivity index (χ2n) is 2.03. The molecule has 2 aromatic heterocycles. The molecule has 2 aromatic rings. The topological polar surface area (TPSA) is 25.8 Å². The van der Waals surface area contributed by atoms with E-state index in [9.17, 15) is 0 Å². The molecular formula is C7H8N2P2S2W2-2. The Kier molecular flexibility index (Phi) is 13.4. The first-order valence-electron chi connectivity index (χ1n) is 3.36. The van der Waals surface area contributed by atoms with Crippen molar-refractivity contribution in [1.29, 1.82) is 0 Å². The first-order chi connectivity index (χ1) is 6.18. The smallest absolute Gasteiger partial charge is 0 e. The molecule has 0 aliphatic carbocycles. The fourth-order valence-electron chi connectivity index (χ4n) is 0.539. The Balaban J connectivity index is 0. The van der Waals surface area contributed by atoms with Crippen molar-refractivity contribution in [1.82, 2.24) is 9.97 Å². The van der Waals surface area contributed by atoms with E-state index in [0.717, 1.165) is 14.4 Å². The van der Waals surface area contributed by atoms with Gasteiger partial charge >= 0.3 is 0 Å². The van der Waals surface area contributed by atoms with Crippen molar-refractivity contribution in [3.05, 3.63) is 22.7 Å². The molecule has 0 aliphatic heterocycles. The van der Waals surface area contributed by atoms with Gasteiger partial charge in [0.25, 0.3) is 0 Å². The van der Waals surface area contributed by atoms with Crippen LogP contribution >= 0.6 is 41.2 Å². The van der Waals surface area contributed by atoms with Gasteiger partial charge in [-0.2, -0.15) is 18.5 Å². The Morgan fingerprint density at radius 3 is 2.00 bits per heavy atom. The Hall–Kier alpha value is 1.50. The first kappa shape index (κ1) is 18.9. The van der Waals surface area contributed by atoms with Crippen LogP contribution < -0.4 is 9.50 Å². The van der Waals surface area contributed by atoms with Crippen LogP contribution in [0.5, 0.6) is 0 Å². The van der Waals surface area contributed by atoms with Crippen molar-refractivity contribution in [3.63, 3.8) is 0 Å². The van der Waals surface area contributed by atoms with Gasteiger partial charge in [-0.15, -0.1) is 12.4 Å². The van der Waals surface area contributed by atoms with Gasteiger partial charge < -0.3 is 9.97 Å². The predicted octanol–water partition coefficient (Wildman–Crippen LogP) is 1.19. The summed E-state index contributed by atoms with van der Waals surface area (Å²) in [6.07, 6.45) is 5.49. The zero-order chi connectivity index (χ0) is 9.68. The summed E-state index contributed by atoms with van der Waals surface area (Å²) in [7, 11) is 5.02. The van der Waals surface area contributed by atoms with Gasteiger partial charge in [-0.05, 0) is 16.4 Å². The van der Waals surface area contributed by atoms with Crippen molar-refractivity contribution < 1.29 is 42.1 Å². The van der Waals surface area contributed by atoms with Gasteiger partial charge in [0.05, 0.1) is 0 Å². The minimum Gasteiger partial charge on any atom is -0.442 e. The van der Waals surface area contributed by atoms with Crippen LogP contribution in [0.25, 0.3) is 0 Å². The second kappa shape index (κ2) is 10.6. The summed E-state index contributed by atoms with van der Waals surface area (Å²) in [4.78, 5) is 8.79. The van der Waals surface area contributed by atoms with Crippen LogP contribution in [0.1, 0.15) is 4.88 Å². The maximum atomic E-state index is 3.87. The number of hydrogen-bond donors (Lipinski definition) is 0. The largest absolute Gasteiger partial charge is 0.442 e. The third-order valence-corrected chi connectivity index (χ3v) is 3.26.